The Morgan fingerprint density at radius 2 is 1.83 bits per heavy atom. The lowest BCUT2D eigenvalue weighted by molar-refractivity contribution is -0.130. The van der Waals surface area contributed by atoms with Crippen LogP contribution in [-0.4, -0.2) is 37.4 Å². The molecule has 2 amide bonds. The van der Waals surface area contributed by atoms with Gasteiger partial charge in [0.1, 0.15) is 5.75 Å². The van der Waals surface area contributed by atoms with Crippen LogP contribution < -0.4 is 10.1 Å². The Morgan fingerprint density at radius 3 is 2.35 bits per heavy atom. The van der Waals surface area contributed by atoms with Gasteiger partial charge in [0.25, 0.3) is 11.8 Å². The van der Waals surface area contributed by atoms with Gasteiger partial charge in [-0.25, -0.2) is 0 Å². The SMILES string of the molecule is Cc1cc(C(=O)Nc2ccc(OCC(=O)N(C)C)cc2)c(C)s1. The zero-order valence-electron chi connectivity index (χ0n) is 13.7. The van der Waals surface area contributed by atoms with Crippen molar-refractivity contribution in [3.8, 4) is 5.75 Å². The number of thiophene rings is 1. The van der Waals surface area contributed by atoms with Gasteiger partial charge in [-0.2, -0.15) is 0 Å². The highest BCUT2D eigenvalue weighted by atomic mass is 32.1. The molecule has 5 nitrogen and oxygen atoms in total. The number of nitrogens with zero attached hydrogens (tertiary/aromatic N) is 1. The van der Waals surface area contributed by atoms with Crippen molar-refractivity contribution in [1.29, 1.82) is 0 Å². The lowest BCUT2D eigenvalue weighted by Crippen LogP contribution is -2.27. The molecule has 0 aliphatic heterocycles. The number of carbonyl (C=O) groups excluding carboxylic acids is 2. The third-order valence-corrected chi connectivity index (χ3v) is 4.22. The second-order valence-electron chi connectivity index (χ2n) is 5.38. The first kappa shape index (κ1) is 17.0. The molecule has 0 fully saturated rings. The van der Waals surface area contributed by atoms with E-state index in [-0.39, 0.29) is 18.4 Å². The number of hydrogen-bond acceptors (Lipinski definition) is 4. The van der Waals surface area contributed by atoms with Crippen molar-refractivity contribution in [2.45, 2.75) is 13.8 Å². The predicted octanol–water partition coefficient (Wildman–Crippen LogP) is 3.08. The van der Waals surface area contributed by atoms with Crippen molar-refractivity contribution in [2.75, 3.05) is 26.0 Å². The number of amides is 2. The number of aryl methyl sites for hydroxylation is 2. The van der Waals surface area contributed by atoms with Crippen molar-refractivity contribution in [3.63, 3.8) is 0 Å². The molecule has 0 saturated carbocycles. The Morgan fingerprint density at radius 1 is 1.17 bits per heavy atom. The molecule has 1 aromatic carbocycles. The fourth-order valence-corrected chi connectivity index (χ4v) is 2.88. The monoisotopic (exact) mass is 332 g/mol. The van der Waals surface area contributed by atoms with Crippen LogP contribution in [0.25, 0.3) is 0 Å². The highest BCUT2D eigenvalue weighted by molar-refractivity contribution is 7.12. The summed E-state index contributed by atoms with van der Waals surface area (Å²) in [4.78, 5) is 27.3. The largest absolute Gasteiger partial charge is 0.484 e. The molecule has 1 aromatic heterocycles. The Bertz CT molecular complexity index is 705. The lowest BCUT2D eigenvalue weighted by atomic mass is 10.2. The number of benzene rings is 1. The summed E-state index contributed by atoms with van der Waals surface area (Å²) >= 11 is 1.61. The average molecular weight is 332 g/mol. The molecule has 0 bridgehead atoms. The summed E-state index contributed by atoms with van der Waals surface area (Å²) in [7, 11) is 3.36. The Hall–Kier alpha value is -2.34. The molecule has 6 heteroatoms. The number of likely N-dealkylation sites (N-methyl/N-ethyl adjacent to an activating group) is 1. The zero-order chi connectivity index (χ0) is 17.0. The smallest absolute Gasteiger partial charge is 0.259 e. The van der Waals surface area contributed by atoms with E-state index in [9.17, 15) is 9.59 Å². The number of rotatable bonds is 5. The molecular formula is C17H20N2O3S. The molecule has 1 N–H and O–H groups in total. The molecule has 0 unspecified atom stereocenters. The predicted molar refractivity (Wildman–Crippen MR) is 92.4 cm³/mol. The summed E-state index contributed by atoms with van der Waals surface area (Å²) in [6.45, 7) is 3.91. The fraction of sp³-hybridized carbons (Fsp3) is 0.294. The second-order valence-corrected chi connectivity index (χ2v) is 6.84. The van der Waals surface area contributed by atoms with Gasteiger partial charge in [-0.3, -0.25) is 9.59 Å². The Kier molecular flexibility index (Phi) is 5.39. The molecule has 1 heterocycles. The van der Waals surface area contributed by atoms with Crippen LogP contribution in [-0.2, 0) is 4.79 Å². The minimum atomic E-state index is -0.122. The first-order chi connectivity index (χ1) is 10.9. The number of carbonyl (C=O) groups is 2. The van der Waals surface area contributed by atoms with E-state index in [1.54, 1.807) is 49.7 Å². The molecule has 122 valence electrons. The second kappa shape index (κ2) is 7.28. The topological polar surface area (TPSA) is 58.6 Å². The molecule has 23 heavy (non-hydrogen) atoms. The van der Waals surface area contributed by atoms with E-state index in [1.807, 2.05) is 19.9 Å². The summed E-state index contributed by atoms with van der Waals surface area (Å²) in [6.07, 6.45) is 0. The maximum absolute atomic E-state index is 12.2. The summed E-state index contributed by atoms with van der Waals surface area (Å²) in [6, 6.07) is 8.85. The first-order valence-electron chi connectivity index (χ1n) is 7.18. The Balaban J connectivity index is 1.96. The van der Waals surface area contributed by atoms with Crippen molar-refractivity contribution in [3.05, 3.63) is 45.6 Å². The van der Waals surface area contributed by atoms with Gasteiger partial charge in [-0.05, 0) is 44.2 Å². The molecular weight excluding hydrogens is 312 g/mol. The van der Waals surface area contributed by atoms with Crippen LogP contribution in [0.15, 0.2) is 30.3 Å². The van der Waals surface area contributed by atoms with Gasteiger partial charge in [-0.15, -0.1) is 11.3 Å². The van der Waals surface area contributed by atoms with Gasteiger partial charge in [0, 0.05) is 29.5 Å². The minimum absolute atomic E-state index is 0.00786. The number of ether oxygens (including phenoxy) is 1. The van der Waals surface area contributed by atoms with Crippen LogP contribution in [0, 0.1) is 13.8 Å². The molecule has 0 atom stereocenters. The van der Waals surface area contributed by atoms with Crippen LogP contribution >= 0.6 is 11.3 Å². The van der Waals surface area contributed by atoms with Crippen molar-refractivity contribution in [1.82, 2.24) is 4.90 Å². The molecule has 0 aliphatic rings. The minimum Gasteiger partial charge on any atom is -0.484 e. The third-order valence-electron chi connectivity index (χ3n) is 3.26. The molecule has 0 saturated heterocycles. The first-order valence-corrected chi connectivity index (χ1v) is 8.00. The molecule has 2 rings (SSSR count). The van der Waals surface area contributed by atoms with E-state index in [1.165, 1.54) is 4.90 Å². The van der Waals surface area contributed by atoms with Gasteiger partial charge < -0.3 is 15.0 Å². The number of nitrogens with one attached hydrogen (secondary N) is 1. The fourth-order valence-electron chi connectivity index (χ4n) is 1.96. The van der Waals surface area contributed by atoms with E-state index in [2.05, 4.69) is 5.32 Å². The van der Waals surface area contributed by atoms with E-state index in [4.69, 9.17) is 4.74 Å². The van der Waals surface area contributed by atoms with Gasteiger partial charge in [0.05, 0.1) is 5.56 Å². The maximum Gasteiger partial charge on any atom is 0.259 e. The highest BCUT2D eigenvalue weighted by Gasteiger charge is 2.12. The van der Waals surface area contributed by atoms with Crippen molar-refractivity contribution in [2.24, 2.45) is 0 Å². The van der Waals surface area contributed by atoms with Crippen LogP contribution in [0.3, 0.4) is 0 Å². The van der Waals surface area contributed by atoms with Gasteiger partial charge in [0.2, 0.25) is 0 Å². The van der Waals surface area contributed by atoms with Crippen LogP contribution in [0.2, 0.25) is 0 Å². The lowest BCUT2D eigenvalue weighted by Gasteiger charge is -2.11. The summed E-state index contributed by atoms with van der Waals surface area (Å²) in [5.74, 6) is 0.356. The summed E-state index contributed by atoms with van der Waals surface area (Å²) in [5, 5.41) is 2.86. The molecule has 0 aliphatic carbocycles. The van der Waals surface area contributed by atoms with Crippen molar-refractivity contribution < 1.29 is 14.3 Å². The molecule has 2 aromatic rings. The van der Waals surface area contributed by atoms with Gasteiger partial charge in [0.15, 0.2) is 6.61 Å². The van der Waals surface area contributed by atoms with Crippen LogP contribution in [0.5, 0.6) is 5.75 Å². The molecule has 0 radical (unpaired) electrons. The molecule has 0 spiro atoms. The normalized spacial score (nSPS) is 10.3. The van der Waals surface area contributed by atoms with E-state index >= 15 is 0 Å². The van der Waals surface area contributed by atoms with Gasteiger partial charge >= 0.3 is 0 Å². The maximum atomic E-state index is 12.2. The standard InChI is InChI=1S/C17H20N2O3S/c1-11-9-15(12(2)23-11)17(21)18-13-5-7-14(8-6-13)22-10-16(20)19(3)4/h5-9H,10H2,1-4H3,(H,18,21). The summed E-state index contributed by atoms with van der Waals surface area (Å²) < 4.78 is 5.39. The number of anilines is 1. The Labute approximate surface area is 139 Å². The third kappa shape index (κ3) is 4.56. The van der Waals surface area contributed by atoms with Gasteiger partial charge in [-0.1, -0.05) is 0 Å². The van der Waals surface area contributed by atoms with E-state index in [0.717, 1.165) is 9.75 Å². The zero-order valence-corrected chi connectivity index (χ0v) is 14.5. The van der Waals surface area contributed by atoms with Crippen molar-refractivity contribution >= 4 is 28.8 Å². The summed E-state index contributed by atoms with van der Waals surface area (Å²) in [5.41, 5.74) is 1.38. The van der Waals surface area contributed by atoms with E-state index in [0.29, 0.717) is 17.0 Å². The number of hydrogen-bond donors (Lipinski definition) is 1. The van der Waals surface area contributed by atoms with Crippen LogP contribution in [0.4, 0.5) is 5.69 Å². The highest BCUT2D eigenvalue weighted by Crippen LogP contribution is 2.22. The quantitative estimate of drug-likeness (QED) is 0.915. The van der Waals surface area contributed by atoms with Crippen LogP contribution in [0.1, 0.15) is 20.1 Å². The van der Waals surface area contributed by atoms with E-state index < -0.39 is 0 Å². The average Bonchev–Trinajstić information content (AvgIpc) is 2.84.